The first-order valence-corrected chi connectivity index (χ1v) is 8.57. The van der Waals surface area contributed by atoms with Crippen molar-refractivity contribution >= 4 is 39.7 Å². The average molecular weight is 407 g/mol. The van der Waals surface area contributed by atoms with E-state index in [-0.39, 0.29) is 5.88 Å². The lowest BCUT2D eigenvalue weighted by Crippen LogP contribution is -2.33. The number of amides is 1. The van der Waals surface area contributed by atoms with E-state index in [4.69, 9.17) is 4.84 Å². The maximum atomic E-state index is 11.8. The smallest absolute Gasteiger partial charge is 0.413 e. The molecule has 1 fully saturated rings. The van der Waals surface area contributed by atoms with Crippen molar-refractivity contribution in [3.05, 3.63) is 29.0 Å². The molecule has 0 atom stereocenters. The molecule has 1 aliphatic heterocycles. The third-order valence-electron chi connectivity index (χ3n) is 3.91. The van der Waals surface area contributed by atoms with Gasteiger partial charge >= 0.3 is 6.09 Å². The molecule has 25 heavy (non-hydrogen) atoms. The third-order valence-corrected chi connectivity index (χ3v) is 4.47. The van der Waals surface area contributed by atoms with Crippen LogP contribution in [0.25, 0.3) is 5.65 Å². The van der Waals surface area contributed by atoms with Crippen molar-refractivity contribution in [2.75, 3.05) is 18.1 Å². The Labute approximate surface area is 151 Å². The van der Waals surface area contributed by atoms with Crippen molar-refractivity contribution < 1.29 is 14.7 Å². The standard InChI is InChI=1S/C15H15BrN6O3/c16-11-7-18-22-13(21(15(23)24)8-10-2-3-10)6-12(19-14(11)22)25-20-5-1-4-17-9-20/h1,4-7,10H,2-3,8-9H2,(H,23,24). The fraction of sp³-hybridized carbons (Fsp3) is 0.333. The first-order chi connectivity index (χ1) is 12.1. The van der Waals surface area contributed by atoms with E-state index in [1.165, 1.54) is 14.5 Å². The minimum Gasteiger partial charge on any atom is -0.465 e. The molecule has 0 aromatic carbocycles. The van der Waals surface area contributed by atoms with Crippen LogP contribution in [0.4, 0.5) is 10.6 Å². The Morgan fingerprint density at radius 3 is 3.00 bits per heavy atom. The summed E-state index contributed by atoms with van der Waals surface area (Å²) in [5.41, 5.74) is 0.485. The van der Waals surface area contributed by atoms with Gasteiger partial charge in [0, 0.05) is 25.0 Å². The number of aliphatic imine (C=N–C) groups is 1. The van der Waals surface area contributed by atoms with E-state index in [1.54, 1.807) is 30.8 Å². The molecule has 0 radical (unpaired) electrons. The van der Waals surface area contributed by atoms with Crippen LogP contribution in [0.3, 0.4) is 0 Å². The third kappa shape index (κ3) is 3.29. The summed E-state index contributed by atoms with van der Waals surface area (Å²) in [5, 5.41) is 15.4. The molecule has 1 N–H and O–H groups in total. The van der Waals surface area contributed by atoms with E-state index in [9.17, 15) is 9.90 Å². The quantitative estimate of drug-likeness (QED) is 0.819. The Morgan fingerprint density at radius 1 is 1.48 bits per heavy atom. The molecule has 2 aromatic rings. The van der Waals surface area contributed by atoms with E-state index in [2.05, 4.69) is 31.0 Å². The molecule has 2 aromatic heterocycles. The number of nitrogens with zero attached hydrogens (tertiary/aromatic N) is 6. The molecule has 0 unspecified atom stereocenters. The highest BCUT2D eigenvalue weighted by Crippen LogP contribution is 2.33. The van der Waals surface area contributed by atoms with Gasteiger partial charge in [-0.25, -0.2) is 4.79 Å². The molecular formula is C15H15BrN6O3. The van der Waals surface area contributed by atoms with Crippen LogP contribution in [0.1, 0.15) is 12.8 Å². The molecule has 4 rings (SSSR count). The van der Waals surface area contributed by atoms with Crippen LogP contribution >= 0.6 is 15.9 Å². The Bertz CT molecular complexity index is 876. The predicted molar refractivity (Wildman–Crippen MR) is 93.7 cm³/mol. The molecule has 130 valence electrons. The molecule has 10 heteroatoms. The Hall–Kier alpha value is -2.62. The lowest BCUT2D eigenvalue weighted by Gasteiger charge is -2.22. The zero-order chi connectivity index (χ0) is 17.4. The molecular weight excluding hydrogens is 392 g/mol. The number of aromatic nitrogens is 3. The molecule has 2 aliphatic rings. The van der Waals surface area contributed by atoms with Gasteiger partial charge in [-0.1, -0.05) is 0 Å². The summed E-state index contributed by atoms with van der Waals surface area (Å²) in [7, 11) is 0. The topological polar surface area (TPSA) is 95.6 Å². The first-order valence-electron chi connectivity index (χ1n) is 7.78. The highest BCUT2D eigenvalue weighted by Gasteiger charge is 2.30. The highest BCUT2D eigenvalue weighted by molar-refractivity contribution is 9.10. The fourth-order valence-corrected chi connectivity index (χ4v) is 2.86. The monoisotopic (exact) mass is 406 g/mol. The second-order valence-electron chi connectivity index (χ2n) is 5.84. The van der Waals surface area contributed by atoms with Crippen LogP contribution in [0.15, 0.2) is 34.0 Å². The zero-order valence-electron chi connectivity index (χ0n) is 13.1. The highest BCUT2D eigenvalue weighted by atomic mass is 79.9. The van der Waals surface area contributed by atoms with Gasteiger partial charge in [0.05, 0.1) is 10.7 Å². The number of anilines is 1. The number of hydroxylamine groups is 2. The predicted octanol–water partition coefficient (Wildman–Crippen LogP) is 2.54. The molecule has 0 spiro atoms. The summed E-state index contributed by atoms with van der Waals surface area (Å²) in [6, 6.07) is 1.58. The van der Waals surface area contributed by atoms with E-state index in [0.717, 1.165) is 12.8 Å². The number of carbonyl (C=O) groups is 1. The van der Waals surface area contributed by atoms with Crippen molar-refractivity contribution in [1.29, 1.82) is 0 Å². The van der Waals surface area contributed by atoms with Gasteiger partial charge in [0.15, 0.2) is 5.65 Å². The van der Waals surface area contributed by atoms with Gasteiger partial charge in [-0.05, 0) is 40.8 Å². The molecule has 1 aliphatic carbocycles. The second-order valence-corrected chi connectivity index (χ2v) is 6.69. The number of rotatable bonds is 5. The van der Waals surface area contributed by atoms with Crippen LogP contribution < -0.4 is 9.74 Å². The molecule has 0 bridgehead atoms. The summed E-state index contributed by atoms with van der Waals surface area (Å²) >= 11 is 3.39. The fourth-order valence-electron chi connectivity index (χ4n) is 2.52. The summed E-state index contributed by atoms with van der Waals surface area (Å²) in [6.45, 7) is 0.767. The minimum absolute atomic E-state index is 0.271. The first kappa shape index (κ1) is 15.9. The van der Waals surface area contributed by atoms with Crippen LogP contribution in [-0.2, 0) is 0 Å². The number of allylic oxidation sites excluding steroid dienone is 1. The summed E-state index contributed by atoms with van der Waals surface area (Å²) in [5.74, 6) is 1.06. The number of carboxylic acid groups (broad SMARTS) is 1. The number of fused-ring (bicyclic) bond motifs is 1. The zero-order valence-corrected chi connectivity index (χ0v) is 14.7. The van der Waals surface area contributed by atoms with E-state index in [1.807, 2.05) is 0 Å². The van der Waals surface area contributed by atoms with Gasteiger partial charge in [0.1, 0.15) is 12.5 Å². The van der Waals surface area contributed by atoms with Crippen molar-refractivity contribution in [3.63, 3.8) is 0 Å². The Balaban J connectivity index is 1.74. The number of hydrogen-bond acceptors (Lipinski definition) is 6. The lowest BCUT2D eigenvalue weighted by molar-refractivity contribution is -0.00980. The van der Waals surface area contributed by atoms with E-state index >= 15 is 0 Å². The van der Waals surface area contributed by atoms with Crippen molar-refractivity contribution in [3.8, 4) is 5.88 Å². The number of halogens is 1. The van der Waals surface area contributed by atoms with Gasteiger partial charge in [-0.15, -0.1) is 0 Å². The summed E-state index contributed by atoms with van der Waals surface area (Å²) < 4.78 is 2.15. The van der Waals surface area contributed by atoms with E-state index < -0.39 is 6.09 Å². The Morgan fingerprint density at radius 2 is 2.32 bits per heavy atom. The van der Waals surface area contributed by atoms with Gasteiger partial charge < -0.3 is 9.94 Å². The molecule has 3 heterocycles. The lowest BCUT2D eigenvalue weighted by atomic mass is 10.3. The average Bonchev–Trinajstić information content (AvgIpc) is 3.35. The van der Waals surface area contributed by atoms with Gasteiger partial charge in [-0.3, -0.25) is 9.89 Å². The van der Waals surface area contributed by atoms with Crippen LogP contribution in [0, 0.1) is 5.92 Å². The molecule has 9 nitrogen and oxygen atoms in total. The maximum Gasteiger partial charge on any atom is 0.413 e. The Kier molecular flexibility index (Phi) is 4.04. The van der Waals surface area contributed by atoms with Gasteiger partial charge in [0.2, 0.25) is 0 Å². The van der Waals surface area contributed by atoms with Crippen molar-refractivity contribution in [1.82, 2.24) is 19.7 Å². The minimum atomic E-state index is -1.03. The molecule has 1 amide bonds. The number of hydrogen-bond donors (Lipinski definition) is 1. The summed E-state index contributed by atoms with van der Waals surface area (Å²) in [6.07, 6.45) is 7.79. The molecule has 0 saturated heterocycles. The molecule has 1 saturated carbocycles. The van der Waals surface area contributed by atoms with Crippen molar-refractivity contribution in [2.45, 2.75) is 12.8 Å². The van der Waals surface area contributed by atoms with E-state index in [0.29, 0.717) is 35.1 Å². The largest absolute Gasteiger partial charge is 0.465 e. The van der Waals surface area contributed by atoms with Crippen LogP contribution in [0.5, 0.6) is 5.88 Å². The second kappa shape index (κ2) is 6.36. The summed E-state index contributed by atoms with van der Waals surface area (Å²) in [4.78, 5) is 27.3. The van der Waals surface area contributed by atoms with Gasteiger partial charge in [0.25, 0.3) is 5.88 Å². The van der Waals surface area contributed by atoms with Crippen LogP contribution in [0.2, 0.25) is 0 Å². The van der Waals surface area contributed by atoms with Gasteiger partial charge in [-0.2, -0.15) is 19.7 Å². The van der Waals surface area contributed by atoms with Crippen molar-refractivity contribution in [2.24, 2.45) is 10.9 Å². The maximum absolute atomic E-state index is 11.8. The van der Waals surface area contributed by atoms with Crippen LogP contribution in [-0.4, -0.2) is 50.3 Å². The normalized spacial score (nSPS) is 16.4. The SMILES string of the molecule is O=C(O)N(CC1CC1)c1cc(ON2C=CC=NC2)nc2c(Br)cnn12.